The first-order valence-corrected chi connectivity index (χ1v) is 4.06. The fraction of sp³-hybridized carbons (Fsp3) is 0.667. The minimum absolute atomic E-state index is 0.161. The van der Waals surface area contributed by atoms with Gasteiger partial charge in [0.1, 0.15) is 0 Å². The highest BCUT2D eigenvalue weighted by Crippen LogP contribution is 2.10. The van der Waals surface area contributed by atoms with Crippen molar-refractivity contribution in [1.29, 1.82) is 0 Å². The third kappa shape index (κ3) is 4.59. The zero-order valence-electron chi connectivity index (χ0n) is 7.21. The molecule has 0 aliphatic rings. The minimum atomic E-state index is -0.669. The quantitative estimate of drug-likeness (QED) is 0.621. The van der Waals surface area contributed by atoms with E-state index in [1.165, 1.54) is 0 Å². The molecule has 0 aromatic rings. The zero-order valence-corrected chi connectivity index (χ0v) is 7.21. The molecule has 0 spiro atoms. The number of carbonyl (C=O) groups is 1. The predicted molar refractivity (Wildman–Crippen MR) is 45.5 cm³/mol. The summed E-state index contributed by atoms with van der Waals surface area (Å²) in [4.78, 5) is 10.5. The lowest BCUT2D eigenvalue weighted by atomic mass is 10.0. The molecular formula is C9H16O2. The third-order valence-electron chi connectivity index (χ3n) is 1.76. The molecule has 0 saturated heterocycles. The molecule has 64 valence electrons. The van der Waals surface area contributed by atoms with Crippen LogP contribution in [0.5, 0.6) is 0 Å². The average Bonchev–Trinajstić information content (AvgIpc) is 1.97. The second-order valence-electron chi connectivity index (χ2n) is 2.59. The van der Waals surface area contributed by atoms with Gasteiger partial charge in [0.25, 0.3) is 0 Å². The molecule has 0 saturated carbocycles. The predicted octanol–water partition coefficient (Wildman–Crippen LogP) is 2.45. The maximum absolute atomic E-state index is 10.5. The molecule has 0 rings (SSSR count). The van der Waals surface area contributed by atoms with Crippen molar-refractivity contribution in [3.05, 3.63) is 12.2 Å². The van der Waals surface area contributed by atoms with Gasteiger partial charge in [0, 0.05) is 0 Å². The average molecular weight is 156 g/mol. The summed E-state index contributed by atoms with van der Waals surface area (Å²) >= 11 is 0. The summed E-state index contributed by atoms with van der Waals surface area (Å²) in [5, 5.41) is 8.65. The van der Waals surface area contributed by atoms with E-state index in [1.807, 2.05) is 26.0 Å². The first-order valence-electron chi connectivity index (χ1n) is 4.06. The largest absolute Gasteiger partial charge is 0.481 e. The summed E-state index contributed by atoms with van der Waals surface area (Å²) in [6, 6.07) is 0. The van der Waals surface area contributed by atoms with E-state index >= 15 is 0 Å². The zero-order chi connectivity index (χ0) is 8.69. The molecular weight excluding hydrogens is 140 g/mol. The van der Waals surface area contributed by atoms with E-state index in [2.05, 4.69) is 0 Å². The normalized spacial score (nSPS) is 13.6. The highest BCUT2D eigenvalue weighted by molar-refractivity contribution is 5.69. The highest BCUT2D eigenvalue weighted by Gasteiger charge is 2.12. The number of carboxylic acid groups (broad SMARTS) is 1. The van der Waals surface area contributed by atoms with Crippen LogP contribution in [0.1, 0.15) is 33.1 Å². The topological polar surface area (TPSA) is 37.3 Å². The van der Waals surface area contributed by atoms with E-state index in [-0.39, 0.29) is 5.92 Å². The molecule has 0 aromatic heterocycles. The summed E-state index contributed by atoms with van der Waals surface area (Å²) in [6.45, 7) is 3.86. The number of hydrogen-bond donors (Lipinski definition) is 1. The van der Waals surface area contributed by atoms with Gasteiger partial charge >= 0.3 is 5.97 Å². The Bertz CT molecular complexity index is 138. The highest BCUT2D eigenvalue weighted by atomic mass is 16.4. The summed E-state index contributed by atoms with van der Waals surface area (Å²) < 4.78 is 0. The first-order chi connectivity index (χ1) is 5.22. The van der Waals surface area contributed by atoms with E-state index in [0.29, 0.717) is 0 Å². The number of allylic oxidation sites excluding steroid dienone is 2. The second kappa shape index (κ2) is 5.96. The molecule has 0 radical (unpaired) electrons. The number of carboxylic acids is 1. The SMILES string of the molecule is C/C=C\CCC(CC)C(=O)O. The summed E-state index contributed by atoms with van der Waals surface area (Å²) in [5.74, 6) is -0.830. The van der Waals surface area contributed by atoms with Crippen LogP contribution in [0.15, 0.2) is 12.2 Å². The molecule has 1 atom stereocenters. The fourth-order valence-corrected chi connectivity index (χ4v) is 0.966. The van der Waals surface area contributed by atoms with E-state index in [1.54, 1.807) is 0 Å². The molecule has 0 amide bonds. The smallest absolute Gasteiger partial charge is 0.306 e. The number of hydrogen-bond acceptors (Lipinski definition) is 1. The maximum Gasteiger partial charge on any atom is 0.306 e. The second-order valence-corrected chi connectivity index (χ2v) is 2.59. The van der Waals surface area contributed by atoms with Crippen molar-refractivity contribution in [2.45, 2.75) is 33.1 Å². The Labute approximate surface area is 67.9 Å². The Morgan fingerprint density at radius 1 is 1.64 bits per heavy atom. The van der Waals surface area contributed by atoms with E-state index in [9.17, 15) is 4.79 Å². The Hall–Kier alpha value is -0.790. The molecule has 0 fully saturated rings. The molecule has 0 aliphatic heterocycles. The van der Waals surface area contributed by atoms with E-state index in [4.69, 9.17) is 5.11 Å². The number of rotatable bonds is 5. The van der Waals surface area contributed by atoms with Gasteiger partial charge < -0.3 is 5.11 Å². The van der Waals surface area contributed by atoms with E-state index in [0.717, 1.165) is 19.3 Å². The lowest BCUT2D eigenvalue weighted by molar-refractivity contribution is -0.142. The minimum Gasteiger partial charge on any atom is -0.481 e. The molecule has 0 heterocycles. The van der Waals surface area contributed by atoms with Crippen molar-refractivity contribution < 1.29 is 9.90 Å². The van der Waals surface area contributed by atoms with Crippen LogP contribution in [0, 0.1) is 5.92 Å². The van der Waals surface area contributed by atoms with Gasteiger partial charge in [-0.05, 0) is 26.2 Å². The van der Waals surface area contributed by atoms with Crippen molar-refractivity contribution in [2.24, 2.45) is 5.92 Å². The van der Waals surface area contributed by atoms with Gasteiger partial charge in [-0.15, -0.1) is 0 Å². The molecule has 0 bridgehead atoms. The van der Waals surface area contributed by atoms with Gasteiger partial charge in [-0.1, -0.05) is 19.1 Å². The van der Waals surface area contributed by atoms with E-state index < -0.39 is 5.97 Å². The Morgan fingerprint density at radius 2 is 2.27 bits per heavy atom. The Morgan fingerprint density at radius 3 is 2.64 bits per heavy atom. The summed E-state index contributed by atoms with van der Waals surface area (Å²) in [7, 11) is 0. The van der Waals surface area contributed by atoms with Crippen LogP contribution in [-0.4, -0.2) is 11.1 Å². The van der Waals surface area contributed by atoms with Gasteiger partial charge in [0.05, 0.1) is 5.92 Å². The van der Waals surface area contributed by atoms with Gasteiger partial charge in [0.2, 0.25) is 0 Å². The molecule has 1 unspecified atom stereocenters. The lowest BCUT2D eigenvalue weighted by Crippen LogP contribution is -2.11. The van der Waals surface area contributed by atoms with Crippen LogP contribution in [0.4, 0.5) is 0 Å². The standard InChI is InChI=1S/C9H16O2/c1-3-5-6-7-8(4-2)9(10)11/h3,5,8H,4,6-7H2,1-2H3,(H,10,11)/b5-3-. The van der Waals surface area contributed by atoms with Crippen LogP contribution in [-0.2, 0) is 4.79 Å². The Balaban J connectivity index is 3.61. The summed E-state index contributed by atoms with van der Waals surface area (Å²) in [6.07, 6.45) is 6.32. The van der Waals surface area contributed by atoms with Crippen molar-refractivity contribution >= 4 is 5.97 Å². The van der Waals surface area contributed by atoms with Crippen LogP contribution in [0.2, 0.25) is 0 Å². The van der Waals surface area contributed by atoms with Gasteiger partial charge in [-0.2, -0.15) is 0 Å². The molecule has 0 aliphatic carbocycles. The van der Waals surface area contributed by atoms with Crippen LogP contribution >= 0.6 is 0 Å². The Kier molecular flexibility index (Phi) is 5.53. The number of aliphatic carboxylic acids is 1. The van der Waals surface area contributed by atoms with Gasteiger partial charge in [-0.25, -0.2) is 0 Å². The maximum atomic E-state index is 10.5. The molecule has 1 N–H and O–H groups in total. The monoisotopic (exact) mass is 156 g/mol. The van der Waals surface area contributed by atoms with Gasteiger partial charge in [-0.3, -0.25) is 4.79 Å². The fourth-order valence-electron chi connectivity index (χ4n) is 0.966. The van der Waals surface area contributed by atoms with Crippen molar-refractivity contribution in [3.63, 3.8) is 0 Å². The molecule has 2 nitrogen and oxygen atoms in total. The third-order valence-corrected chi connectivity index (χ3v) is 1.76. The molecule has 2 heteroatoms. The lowest BCUT2D eigenvalue weighted by Gasteiger charge is -2.06. The van der Waals surface area contributed by atoms with Crippen LogP contribution < -0.4 is 0 Å². The van der Waals surface area contributed by atoms with Crippen LogP contribution in [0.25, 0.3) is 0 Å². The first kappa shape index (κ1) is 10.2. The summed E-state index contributed by atoms with van der Waals surface area (Å²) in [5.41, 5.74) is 0. The van der Waals surface area contributed by atoms with Gasteiger partial charge in [0.15, 0.2) is 0 Å². The van der Waals surface area contributed by atoms with Crippen LogP contribution in [0.3, 0.4) is 0 Å². The van der Waals surface area contributed by atoms with Crippen molar-refractivity contribution in [2.75, 3.05) is 0 Å². The van der Waals surface area contributed by atoms with Crippen molar-refractivity contribution in [1.82, 2.24) is 0 Å². The van der Waals surface area contributed by atoms with Crippen molar-refractivity contribution in [3.8, 4) is 0 Å². The molecule has 11 heavy (non-hydrogen) atoms. The molecule has 0 aromatic carbocycles.